The third kappa shape index (κ3) is 2.43. The molecule has 0 spiro atoms. The van der Waals surface area contributed by atoms with Crippen molar-refractivity contribution in [2.24, 2.45) is 0 Å². The summed E-state index contributed by atoms with van der Waals surface area (Å²) in [6, 6.07) is 12.7. The Balaban J connectivity index is 0.00000133. The highest BCUT2D eigenvalue weighted by molar-refractivity contribution is 5.66. The van der Waals surface area contributed by atoms with E-state index in [-0.39, 0.29) is 17.0 Å². The number of nitrogens with zero attached hydrogens (tertiary/aromatic N) is 2. The fourth-order valence-corrected chi connectivity index (χ4v) is 2.38. The van der Waals surface area contributed by atoms with Crippen molar-refractivity contribution in [2.45, 2.75) is 20.8 Å². The first-order valence-electron chi connectivity index (χ1n) is 6.17. The maximum absolute atomic E-state index is 4.70. The quantitative estimate of drug-likeness (QED) is 0.653. The first-order chi connectivity index (χ1) is 8.65. The molecule has 3 aromatic rings. The summed E-state index contributed by atoms with van der Waals surface area (Å²) in [5.41, 5.74) is 7.03. The molecule has 0 unspecified atom stereocenters. The molecule has 0 aliphatic carbocycles. The third-order valence-electron chi connectivity index (χ3n) is 3.35. The molecule has 0 aliphatic heterocycles. The molecule has 2 nitrogen and oxygen atoms in total. The Hall–Kier alpha value is -1.61. The normalized spacial score (nSPS) is 10.5. The van der Waals surface area contributed by atoms with Gasteiger partial charge in [0, 0.05) is 17.5 Å². The molecule has 0 amide bonds. The number of aromatic nitrogens is 2. The van der Waals surface area contributed by atoms with Gasteiger partial charge in [-0.2, -0.15) is 0 Å². The van der Waals surface area contributed by atoms with Crippen molar-refractivity contribution >= 4 is 5.65 Å². The molecule has 0 saturated carbocycles. The zero-order valence-electron chi connectivity index (χ0n) is 11.3. The summed E-state index contributed by atoms with van der Waals surface area (Å²) in [6.07, 6.45) is 2.11. The molecule has 0 aliphatic rings. The predicted octanol–water partition coefficient (Wildman–Crippen LogP) is 0.931. The van der Waals surface area contributed by atoms with Crippen LogP contribution >= 0.6 is 0 Å². The van der Waals surface area contributed by atoms with Gasteiger partial charge in [-0.1, -0.05) is 29.8 Å². The van der Waals surface area contributed by atoms with Crippen molar-refractivity contribution < 1.29 is 17.0 Å². The molecule has 3 rings (SSSR count). The van der Waals surface area contributed by atoms with Gasteiger partial charge in [0.25, 0.3) is 0 Å². The zero-order chi connectivity index (χ0) is 12.7. The van der Waals surface area contributed by atoms with E-state index in [0.717, 1.165) is 11.3 Å². The number of aryl methyl sites for hydroxylation is 3. The minimum atomic E-state index is 0. The van der Waals surface area contributed by atoms with E-state index in [9.17, 15) is 0 Å². The highest BCUT2D eigenvalue weighted by atomic mass is 79.9. The van der Waals surface area contributed by atoms with Crippen LogP contribution in [0.1, 0.15) is 16.8 Å². The fourth-order valence-electron chi connectivity index (χ4n) is 2.38. The number of fused-ring (bicyclic) bond motifs is 1. The molecule has 0 fully saturated rings. The van der Waals surface area contributed by atoms with E-state index in [4.69, 9.17) is 4.98 Å². The Morgan fingerprint density at radius 1 is 1.00 bits per heavy atom. The summed E-state index contributed by atoms with van der Waals surface area (Å²) in [4.78, 5) is 4.70. The molecule has 2 aromatic heterocycles. The molecule has 0 bridgehead atoms. The number of benzene rings is 1. The van der Waals surface area contributed by atoms with Crippen molar-refractivity contribution in [1.82, 2.24) is 9.38 Å². The fraction of sp³-hybridized carbons (Fsp3) is 0.188. The predicted molar refractivity (Wildman–Crippen MR) is 74.8 cm³/mol. The average Bonchev–Trinajstić information content (AvgIpc) is 2.74. The summed E-state index contributed by atoms with van der Waals surface area (Å²) in [6.45, 7) is 6.35. The highest BCUT2D eigenvalue weighted by Gasteiger charge is 2.07. The van der Waals surface area contributed by atoms with Crippen molar-refractivity contribution in [3.8, 4) is 11.3 Å². The minimum absolute atomic E-state index is 0. The standard InChI is InChI=1S/C16H16N2.BrH/c1-11-7-8-14(12(2)9-11)15-10-18-13(3)5-4-6-16(18)17-15;/h4-10H,1-3H3;1H/p-1. The van der Waals surface area contributed by atoms with Crippen LogP contribution in [0.2, 0.25) is 0 Å². The van der Waals surface area contributed by atoms with Crippen LogP contribution in [0.5, 0.6) is 0 Å². The Labute approximate surface area is 123 Å². The SMILES string of the molecule is Cc1ccc(-c2cn3c(C)cccc3n2)c(C)c1.[Br-]. The van der Waals surface area contributed by atoms with Crippen molar-refractivity contribution in [2.75, 3.05) is 0 Å². The van der Waals surface area contributed by atoms with E-state index in [1.54, 1.807) is 0 Å². The van der Waals surface area contributed by atoms with E-state index < -0.39 is 0 Å². The van der Waals surface area contributed by atoms with Crippen LogP contribution in [0.4, 0.5) is 0 Å². The first-order valence-corrected chi connectivity index (χ1v) is 6.17. The summed E-state index contributed by atoms with van der Waals surface area (Å²) in [5.74, 6) is 0. The van der Waals surface area contributed by atoms with Gasteiger partial charge < -0.3 is 21.4 Å². The van der Waals surface area contributed by atoms with Crippen molar-refractivity contribution in [3.05, 3.63) is 59.4 Å². The highest BCUT2D eigenvalue weighted by Crippen LogP contribution is 2.24. The van der Waals surface area contributed by atoms with Crippen LogP contribution in [0.15, 0.2) is 42.6 Å². The summed E-state index contributed by atoms with van der Waals surface area (Å²) in [5, 5.41) is 0. The van der Waals surface area contributed by atoms with Gasteiger partial charge in [0.2, 0.25) is 0 Å². The molecule has 19 heavy (non-hydrogen) atoms. The molecule has 0 radical (unpaired) electrons. The van der Waals surface area contributed by atoms with E-state index in [2.05, 4.69) is 55.6 Å². The van der Waals surface area contributed by atoms with E-state index in [1.807, 2.05) is 12.1 Å². The summed E-state index contributed by atoms with van der Waals surface area (Å²) in [7, 11) is 0. The zero-order valence-corrected chi connectivity index (χ0v) is 12.9. The number of hydrogen-bond donors (Lipinski definition) is 0. The Morgan fingerprint density at radius 3 is 2.47 bits per heavy atom. The van der Waals surface area contributed by atoms with Gasteiger partial charge in [0.1, 0.15) is 5.65 Å². The second kappa shape index (κ2) is 5.17. The van der Waals surface area contributed by atoms with E-state index >= 15 is 0 Å². The summed E-state index contributed by atoms with van der Waals surface area (Å²) < 4.78 is 2.13. The molecular formula is C16H16BrN2-. The van der Waals surface area contributed by atoms with Crippen LogP contribution < -0.4 is 17.0 Å². The van der Waals surface area contributed by atoms with Gasteiger partial charge in [-0.05, 0) is 38.5 Å². The molecule has 1 aromatic carbocycles. The number of rotatable bonds is 1. The lowest BCUT2D eigenvalue weighted by atomic mass is 10.0. The number of hydrogen-bond acceptors (Lipinski definition) is 1. The first kappa shape index (κ1) is 13.8. The smallest absolute Gasteiger partial charge is 0.137 e. The van der Waals surface area contributed by atoms with Crippen molar-refractivity contribution in [1.29, 1.82) is 0 Å². The van der Waals surface area contributed by atoms with Gasteiger partial charge in [0.15, 0.2) is 0 Å². The molecule has 0 saturated heterocycles. The van der Waals surface area contributed by atoms with Crippen LogP contribution in [0.25, 0.3) is 16.9 Å². The maximum Gasteiger partial charge on any atom is 0.137 e. The Bertz CT molecular complexity index is 729. The van der Waals surface area contributed by atoms with Crippen LogP contribution in [0.3, 0.4) is 0 Å². The molecule has 0 N–H and O–H groups in total. The van der Waals surface area contributed by atoms with Gasteiger partial charge >= 0.3 is 0 Å². The van der Waals surface area contributed by atoms with E-state index in [1.165, 1.54) is 22.4 Å². The number of imidazole rings is 1. The largest absolute Gasteiger partial charge is 1.00 e. The van der Waals surface area contributed by atoms with Gasteiger partial charge in [0.05, 0.1) is 5.69 Å². The molecule has 2 heterocycles. The maximum atomic E-state index is 4.70. The van der Waals surface area contributed by atoms with Crippen molar-refractivity contribution in [3.63, 3.8) is 0 Å². The Morgan fingerprint density at radius 2 is 1.79 bits per heavy atom. The number of pyridine rings is 1. The molecule has 98 valence electrons. The lowest BCUT2D eigenvalue weighted by molar-refractivity contribution is -0.00000393. The van der Waals surface area contributed by atoms with Gasteiger partial charge in [-0.25, -0.2) is 4.98 Å². The van der Waals surface area contributed by atoms with Crippen LogP contribution in [-0.2, 0) is 0 Å². The summed E-state index contributed by atoms with van der Waals surface area (Å²) >= 11 is 0. The second-order valence-corrected chi connectivity index (χ2v) is 4.84. The average molecular weight is 316 g/mol. The molecule has 0 atom stereocenters. The lowest BCUT2D eigenvalue weighted by Gasteiger charge is -2.03. The van der Waals surface area contributed by atoms with Crippen LogP contribution in [-0.4, -0.2) is 9.38 Å². The molecule has 3 heteroatoms. The number of halogens is 1. The van der Waals surface area contributed by atoms with Crippen LogP contribution in [0, 0.1) is 20.8 Å². The van der Waals surface area contributed by atoms with Gasteiger partial charge in [-0.15, -0.1) is 0 Å². The van der Waals surface area contributed by atoms with E-state index in [0.29, 0.717) is 0 Å². The monoisotopic (exact) mass is 315 g/mol. The molecular weight excluding hydrogens is 300 g/mol. The Kier molecular flexibility index (Phi) is 3.76. The topological polar surface area (TPSA) is 17.3 Å². The second-order valence-electron chi connectivity index (χ2n) is 4.84. The minimum Gasteiger partial charge on any atom is -1.00 e. The lowest BCUT2D eigenvalue weighted by Crippen LogP contribution is -3.00. The van der Waals surface area contributed by atoms with Gasteiger partial charge in [-0.3, -0.25) is 0 Å². The third-order valence-corrected chi connectivity index (χ3v) is 3.35.